The summed E-state index contributed by atoms with van der Waals surface area (Å²) in [6.45, 7) is 4.03. The molecular formula is C25H32N2O4S. The van der Waals surface area contributed by atoms with Crippen molar-refractivity contribution in [1.82, 2.24) is 5.32 Å². The third-order valence-corrected chi connectivity index (χ3v) is 5.40. The zero-order chi connectivity index (χ0) is 22.6. The standard InChI is InChI=1S/C25H32N2O4S/c1-2-3-4-9-16-30-22-14-7-5-12-20(22)24(28)27-25(32)26-21-13-6-8-15-23(21)31-18-19-11-10-17-29-19/h5-8,12-15,19H,2-4,9-11,16-18H2,1H3,(H2,26,27,28,32). The Morgan fingerprint density at radius 3 is 2.62 bits per heavy atom. The third-order valence-electron chi connectivity index (χ3n) is 5.20. The number of carbonyl (C=O) groups is 1. The number of thiocarbonyl (C=S) groups is 1. The molecule has 0 aromatic heterocycles. The van der Waals surface area contributed by atoms with Crippen LogP contribution in [0.3, 0.4) is 0 Å². The van der Waals surface area contributed by atoms with Gasteiger partial charge in [-0.25, -0.2) is 0 Å². The minimum Gasteiger partial charge on any atom is -0.493 e. The molecule has 1 atom stereocenters. The molecule has 2 aromatic rings. The quantitative estimate of drug-likeness (QED) is 0.352. The van der Waals surface area contributed by atoms with E-state index in [2.05, 4.69) is 17.6 Å². The molecule has 0 saturated carbocycles. The number of nitrogens with one attached hydrogen (secondary N) is 2. The predicted molar refractivity (Wildman–Crippen MR) is 131 cm³/mol. The van der Waals surface area contributed by atoms with Crippen molar-refractivity contribution in [3.63, 3.8) is 0 Å². The molecule has 2 N–H and O–H groups in total. The number of benzene rings is 2. The van der Waals surface area contributed by atoms with E-state index in [1.807, 2.05) is 36.4 Å². The lowest BCUT2D eigenvalue weighted by atomic mass is 10.2. The van der Waals surface area contributed by atoms with Crippen LogP contribution in [-0.2, 0) is 4.74 Å². The Labute approximate surface area is 195 Å². The van der Waals surface area contributed by atoms with Crippen LogP contribution in [0.1, 0.15) is 55.8 Å². The number of ether oxygens (including phenoxy) is 3. The Hall–Kier alpha value is -2.64. The molecule has 0 radical (unpaired) electrons. The number of rotatable bonds is 11. The molecule has 0 spiro atoms. The molecule has 1 fully saturated rings. The van der Waals surface area contributed by atoms with Gasteiger partial charge in [0.25, 0.3) is 5.91 Å². The van der Waals surface area contributed by atoms with Crippen molar-refractivity contribution >= 4 is 28.9 Å². The highest BCUT2D eigenvalue weighted by Gasteiger charge is 2.18. The van der Waals surface area contributed by atoms with Gasteiger partial charge >= 0.3 is 0 Å². The van der Waals surface area contributed by atoms with Gasteiger partial charge in [-0.2, -0.15) is 0 Å². The van der Waals surface area contributed by atoms with Crippen molar-refractivity contribution < 1.29 is 19.0 Å². The average Bonchev–Trinajstić information content (AvgIpc) is 3.32. The maximum absolute atomic E-state index is 12.8. The SMILES string of the molecule is CCCCCCOc1ccccc1C(=O)NC(=S)Nc1ccccc1OCC1CCCO1. The van der Waals surface area contributed by atoms with Gasteiger partial charge in [-0.05, 0) is 55.7 Å². The molecular weight excluding hydrogens is 424 g/mol. The molecule has 6 nitrogen and oxygen atoms in total. The summed E-state index contributed by atoms with van der Waals surface area (Å²) in [4.78, 5) is 12.8. The summed E-state index contributed by atoms with van der Waals surface area (Å²) in [5, 5.41) is 6.00. The molecule has 0 bridgehead atoms. The first kappa shape index (κ1) is 24.0. The Balaban J connectivity index is 1.54. The van der Waals surface area contributed by atoms with Gasteiger partial charge in [-0.15, -0.1) is 0 Å². The fraction of sp³-hybridized carbons (Fsp3) is 0.440. The second-order valence-electron chi connectivity index (χ2n) is 7.76. The van der Waals surface area contributed by atoms with E-state index in [4.69, 9.17) is 26.4 Å². The second-order valence-corrected chi connectivity index (χ2v) is 8.16. The smallest absolute Gasteiger partial charge is 0.261 e. The number of anilines is 1. The first-order valence-electron chi connectivity index (χ1n) is 11.3. The van der Waals surface area contributed by atoms with Crippen LogP contribution < -0.4 is 20.1 Å². The van der Waals surface area contributed by atoms with Crippen LogP contribution in [-0.4, -0.2) is 36.9 Å². The second kappa shape index (κ2) is 13.0. The van der Waals surface area contributed by atoms with E-state index in [1.54, 1.807) is 12.1 Å². The minimum atomic E-state index is -0.315. The number of hydrogen-bond donors (Lipinski definition) is 2. The van der Waals surface area contributed by atoms with E-state index in [0.29, 0.717) is 36.0 Å². The van der Waals surface area contributed by atoms with Crippen LogP contribution in [0.2, 0.25) is 0 Å². The van der Waals surface area contributed by atoms with Gasteiger partial charge in [0.2, 0.25) is 0 Å². The average molecular weight is 457 g/mol. The van der Waals surface area contributed by atoms with Crippen molar-refractivity contribution in [2.24, 2.45) is 0 Å². The molecule has 1 amide bonds. The van der Waals surface area contributed by atoms with Crippen LogP contribution in [0.5, 0.6) is 11.5 Å². The van der Waals surface area contributed by atoms with Gasteiger partial charge in [-0.1, -0.05) is 50.5 Å². The van der Waals surface area contributed by atoms with E-state index >= 15 is 0 Å². The zero-order valence-electron chi connectivity index (χ0n) is 18.6. The van der Waals surface area contributed by atoms with Crippen molar-refractivity contribution in [1.29, 1.82) is 0 Å². The van der Waals surface area contributed by atoms with Crippen molar-refractivity contribution in [3.8, 4) is 11.5 Å². The molecule has 7 heteroatoms. The number of para-hydroxylation sites is 3. The lowest BCUT2D eigenvalue weighted by molar-refractivity contribution is 0.0682. The molecule has 0 aliphatic carbocycles. The molecule has 2 aromatic carbocycles. The van der Waals surface area contributed by atoms with Gasteiger partial charge < -0.3 is 19.5 Å². The van der Waals surface area contributed by atoms with Crippen molar-refractivity contribution in [3.05, 3.63) is 54.1 Å². The lowest BCUT2D eigenvalue weighted by Gasteiger charge is -2.17. The number of amides is 1. The summed E-state index contributed by atoms with van der Waals surface area (Å²) in [6, 6.07) is 14.7. The maximum atomic E-state index is 12.8. The molecule has 1 unspecified atom stereocenters. The van der Waals surface area contributed by atoms with Gasteiger partial charge in [0, 0.05) is 6.61 Å². The highest BCUT2D eigenvalue weighted by Crippen LogP contribution is 2.25. The lowest BCUT2D eigenvalue weighted by Crippen LogP contribution is -2.34. The van der Waals surface area contributed by atoms with Crippen LogP contribution >= 0.6 is 12.2 Å². The van der Waals surface area contributed by atoms with Crippen LogP contribution in [0.25, 0.3) is 0 Å². The first-order chi connectivity index (χ1) is 15.7. The molecule has 3 rings (SSSR count). The predicted octanol–water partition coefficient (Wildman–Crippen LogP) is 5.33. The van der Waals surface area contributed by atoms with E-state index < -0.39 is 0 Å². The minimum absolute atomic E-state index is 0.119. The summed E-state index contributed by atoms with van der Waals surface area (Å²) in [5.41, 5.74) is 1.14. The van der Waals surface area contributed by atoms with E-state index in [0.717, 1.165) is 32.3 Å². The molecule has 1 aliphatic rings. The zero-order valence-corrected chi connectivity index (χ0v) is 19.4. The fourth-order valence-corrected chi connectivity index (χ4v) is 3.67. The Morgan fingerprint density at radius 1 is 1.06 bits per heavy atom. The fourth-order valence-electron chi connectivity index (χ4n) is 3.47. The summed E-state index contributed by atoms with van der Waals surface area (Å²) >= 11 is 5.38. The van der Waals surface area contributed by atoms with E-state index in [9.17, 15) is 4.79 Å². The molecule has 1 heterocycles. The Morgan fingerprint density at radius 2 is 1.84 bits per heavy atom. The molecule has 1 saturated heterocycles. The highest BCUT2D eigenvalue weighted by atomic mass is 32.1. The summed E-state index contributed by atoms with van der Waals surface area (Å²) in [5.74, 6) is 0.907. The Kier molecular flexibility index (Phi) is 9.78. The Bertz CT molecular complexity index is 884. The van der Waals surface area contributed by atoms with Gasteiger partial charge in [0.1, 0.15) is 18.1 Å². The summed E-state index contributed by atoms with van der Waals surface area (Å²) in [7, 11) is 0. The van der Waals surface area contributed by atoms with Crippen molar-refractivity contribution in [2.45, 2.75) is 51.6 Å². The molecule has 32 heavy (non-hydrogen) atoms. The maximum Gasteiger partial charge on any atom is 0.261 e. The van der Waals surface area contributed by atoms with Crippen molar-refractivity contribution in [2.75, 3.05) is 25.1 Å². The summed E-state index contributed by atoms with van der Waals surface area (Å²) in [6.07, 6.45) is 6.63. The summed E-state index contributed by atoms with van der Waals surface area (Å²) < 4.78 is 17.4. The number of hydrogen-bond acceptors (Lipinski definition) is 5. The number of unbranched alkanes of at least 4 members (excludes halogenated alkanes) is 3. The van der Waals surface area contributed by atoms with Crippen LogP contribution in [0.4, 0.5) is 5.69 Å². The number of carbonyl (C=O) groups excluding carboxylic acids is 1. The normalized spacial score (nSPS) is 15.2. The van der Waals surface area contributed by atoms with E-state index in [1.165, 1.54) is 12.8 Å². The largest absolute Gasteiger partial charge is 0.493 e. The van der Waals surface area contributed by atoms with Crippen LogP contribution in [0.15, 0.2) is 48.5 Å². The third kappa shape index (κ3) is 7.50. The molecule has 1 aliphatic heterocycles. The topological polar surface area (TPSA) is 68.8 Å². The van der Waals surface area contributed by atoms with E-state index in [-0.39, 0.29) is 17.1 Å². The van der Waals surface area contributed by atoms with Gasteiger partial charge in [-0.3, -0.25) is 10.1 Å². The monoisotopic (exact) mass is 456 g/mol. The molecule has 172 valence electrons. The van der Waals surface area contributed by atoms with Gasteiger partial charge in [0.05, 0.1) is 24.0 Å². The highest BCUT2D eigenvalue weighted by molar-refractivity contribution is 7.80. The van der Waals surface area contributed by atoms with Crippen LogP contribution in [0, 0.1) is 0 Å². The van der Waals surface area contributed by atoms with Gasteiger partial charge in [0.15, 0.2) is 5.11 Å². The first-order valence-corrected chi connectivity index (χ1v) is 11.8.